The highest BCUT2D eigenvalue weighted by Crippen LogP contribution is 2.32. The van der Waals surface area contributed by atoms with Crippen LogP contribution in [0.4, 0.5) is 4.79 Å². The van der Waals surface area contributed by atoms with Crippen LogP contribution in [-0.4, -0.2) is 29.3 Å². The van der Waals surface area contributed by atoms with Crippen molar-refractivity contribution in [1.82, 2.24) is 5.32 Å². The minimum absolute atomic E-state index is 0.0761. The highest BCUT2D eigenvalue weighted by molar-refractivity contribution is 5.80. The lowest BCUT2D eigenvalue weighted by molar-refractivity contribution is -0.139. The standard InChI is InChI=1S/C9H15NO4/c1-5(2)14-9(13)10-7(8(11)12)6-3-4-6/h5-7H,3-4H2,1-2H3,(H,10,13)(H,11,12). The molecule has 0 bridgehead atoms. The molecule has 0 aromatic rings. The smallest absolute Gasteiger partial charge is 0.408 e. The Labute approximate surface area is 82.4 Å². The molecule has 1 amide bonds. The normalized spacial score (nSPS) is 17.6. The molecular weight excluding hydrogens is 186 g/mol. The fraction of sp³-hybridized carbons (Fsp3) is 0.778. The van der Waals surface area contributed by atoms with E-state index in [2.05, 4.69) is 5.32 Å². The van der Waals surface area contributed by atoms with Crippen LogP contribution in [0.2, 0.25) is 0 Å². The molecule has 0 aromatic heterocycles. The Hall–Kier alpha value is -1.26. The third-order valence-corrected chi connectivity index (χ3v) is 1.98. The minimum Gasteiger partial charge on any atom is -0.480 e. The molecule has 1 aliphatic carbocycles. The molecule has 14 heavy (non-hydrogen) atoms. The Morgan fingerprint density at radius 1 is 1.43 bits per heavy atom. The average molecular weight is 201 g/mol. The van der Waals surface area contributed by atoms with Crippen LogP contribution >= 0.6 is 0 Å². The molecule has 2 N–H and O–H groups in total. The van der Waals surface area contributed by atoms with Crippen LogP contribution in [0.1, 0.15) is 26.7 Å². The summed E-state index contributed by atoms with van der Waals surface area (Å²) in [5.41, 5.74) is 0. The van der Waals surface area contributed by atoms with Crippen molar-refractivity contribution in [3.8, 4) is 0 Å². The third-order valence-electron chi connectivity index (χ3n) is 1.98. The Balaban J connectivity index is 2.39. The van der Waals surface area contributed by atoms with Gasteiger partial charge in [-0.3, -0.25) is 0 Å². The van der Waals surface area contributed by atoms with Crippen molar-refractivity contribution >= 4 is 12.1 Å². The Kier molecular flexibility index (Phi) is 3.33. The van der Waals surface area contributed by atoms with Crippen LogP contribution < -0.4 is 5.32 Å². The van der Waals surface area contributed by atoms with E-state index in [0.717, 1.165) is 12.8 Å². The summed E-state index contributed by atoms with van der Waals surface area (Å²) in [7, 11) is 0. The Bertz CT molecular complexity index is 235. The van der Waals surface area contributed by atoms with Gasteiger partial charge < -0.3 is 15.2 Å². The van der Waals surface area contributed by atoms with Gasteiger partial charge in [0.05, 0.1) is 6.10 Å². The number of carboxylic acids is 1. The molecule has 80 valence electrons. The molecule has 1 unspecified atom stereocenters. The molecule has 0 radical (unpaired) electrons. The van der Waals surface area contributed by atoms with Crippen LogP contribution in [0.25, 0.3) is 0 Å². The van der Waals surface area contributed by atoms with Gasteiger partial charge in [-0.1, -0.05) is 0 Å². The third kappa shape index (κ3) is 3.24. The van der Waals surface area contributed by atoms with E-state index in [0.29, 0.717) is 0 Å². The van der Waals surface area contributed by atoms with Crippen molar-refractivity contribution in [2.75, 3.05) is 0 Å². The number of hydrogen-bond acceptors (Lipinski definition) is 3. The van der Waals surface area contributed by atoms with E-state index in [1.807, 2.05) is 0 Å². The number of carbonyl (C=O) groups is 2. The molecule has 1 atom stereocenters. The van der Waals surface area contributed by atoms with Gasteiger partial charge in [0, 0.05) is 0 Å². The van der Waals surface area contributed by atoms with Gasteiger partial charge in [0.25, 0.3) is 0 Å². The summed E-state index contributed by atoms with van der Waals surface area (Å²) in [5, 5.41) is 11.1. The predicted octanol–water partition coefficient (Wildman–Crippen LogP) is 0.984. The zero-order valence-electron chi connectivity index (χ0n) is 8.32. The van der Waals surface area contributed by atoms with Gasteiger partial charge in [0.1, 0.15) is 6.04 Å². The zero-order chi connectivity index (χ0) is 10.7. The lowest BCUT2D eigenvalue weighted by Gasteiger charge is -2.14. The van der Waals surface area contributed by atoms with Gasteiger partial charge in [0.2, 0.25) is 0 Å². The Morgan fingerprint density at radius 2 is 2.00 bits per heavy atom. The second-order valence-electron chi connectivity index (χ2n) is 3.75. The number of carbonyl (C=O) groups excluding carboxylic acids is 1. The zero-order valence-corrected chi connectivity index (χ0v) is 8.32. The van der Waals surface area contributed by atoms with E-state index >= 15 is 0 Å². The molecule has 0 spiro atoms. The van der Waals surface area contributed by atoms with E-state index in [1.165, 1.54) is 0 Å². The second-order valence-corrected chi connectivity index (χ2v) is 3.75. The van der Waals surface area contributed by atoms with Gasteiger partial charge in [-0.25, -0.2) is 9.59 Å². The van der Waals surface area contributed by atoms with E-state index in [4.69, 9.17) is 9.84 Å². The number of nitrogens with one attached hydrogen (secondary N) is 1. The average Bonchev–Trinajstić information content (AvgIpc) is 2.80. The van der Waals surface area contributed by atoms with Crippen molar-refractivity contribution in [1.29, 1.82) is 0 Å². The first-order chi connectivity index (χ1) is 6.50. The van der Waals surface area contributed by atoms with E-state index in [1.54, 1.807) is 13.8 Å². The Morgan fingerprint density at radius 3 is 2.36 bits per heavy atom. The maximum Gasteiger partial charge on any atom is 0.408 e. The largest absolute Gasteiger partial charge is 0.480 e. The van der Waals surface area contributed by atoms with Crippen molar-refractivity contribution in [2.24, 2.45) is 5.92 Å². The van der Waals surface area contributed by atoms with Crippen molar-refractivity contribution < 1.29 is 19.4 Å². The summed E-state index contributed by atoms with van der Waals surface area (Å²) >= 11 is 0. The minimum atomic E-state index is -0.992. The van der Waals surface area contributed by atoms with Crippen LogP contribution in [0.3, 0.4) is 0 Å². The number of hydrogen-bond donors (Lipinski definition) is 2. The molecule has 0 aromatic carbocycles. The highest BCUT2D eigenvalue weighted by atomic mass is 16.6. The van der Waals surface area contributed by atoms with Gasteiger partial charge in [-0.2, -0.15) is 0 Å². The van der Waals surface area contributed by atoms with Crippen LogP contribution in [0.15, 0.2) is 0 Å². The number of rotatable bonds is 4. The number of alkyl carbamates (subject to hydrolysis) is 1. The molecule has 0 aliphatic heterocycles. The van der Waals surface area contributed by atoms with Crippen LogP contribution in [0, 0.1) is 5.92 Å². The quantitative estimate of drug-likeness (QED) is 0.711. The highest BCUT2D eigenvalue weighted by Gasteiger charge is 2.37. The molecule has 5 heteroatoms. The molecule has 0 saturated heterocycles. The lowest BCUT2D eigenvalue weighted by atomic mass is 10.2. The number of amides is 1. The fourth-order valence-electron chi connectivity index (χ4n) is 1.19. The van der Waals surface area contributed by atoms with Crippen molar-refractivity contribution in [2.45, 2.75) is 38.8 Å². The molecule has 5 nitrogen and oxygen atoms in total. The first kappa shape index (κ1) is 10.8. The molecule has 1 fully saturated rings. The number of ether oxygens (including phenoxy) is 1. The summed E-state index contributed by atoms with van der Waals surface area (Å²) in [6.45, 7) is 3.43. The maximum absolute atomic E-state index is 11.1. The molecule has 1 saturated carbocycles. The fourth-order valence-corrected chi connectivity index (χ4v) is 1.19. The van der Waals surface area contributed by atoms with Crippen LogP contribution in [-0.2, 0) is 9.53 Å². The summed E-state index contributed by atoms with van der Waals surface area (Å²) in [6, 6.07) is -0.791. The van der Waals surface area contributed by atoms with Gasteiger partial charge in [0.15, 0.2) is 0 Å². The maximum atomic E-state index is 11.1. The molecule has 1 aliphatic rings. The number of aliphatic carboxylic acids is 1. The van der Waals surface area contributed by atoms with Gasteiger partial charge in [-0.15, -0.1) is 0 Å². The number of carboxylic acid groups (broad SMARTS) is 1. The van der Waals surface area contributed by atoms with Gasteiger partial charge >= 0.3 is 12.1 Å². The van der Waals surface area contributed by atoms with Gasteiger partial charge in [-0.05, 0) is 32.6 Å². The monoisotopic (exact) mass is 201 g/mol. The molecule has 1 rings (SSSR count). The van der Waals surface area contributed by atoms with Crippen molar-refractivity contribution in [3.63, 3.8) is 0 Å². The summed E-state index contributed by atoms with van der Waals surface area (Å²) < 4.78 is 4.80. The van der Waals surface area contributed by atoms with Crippen molar-refractivity contribution in [3.05, 3.63) is 0 Å². The van der Waals surface area contributed by atoms with E-state index < -0.39 is 18.1 Å². The first-order valence-corrected chi connectivity index (χ1v) is 4.70. The molecular formula is C9H15NO4. The summed E-state index contributed by atoms with van der Waals surface area (Å²) in [6.07, 6.45) is 0.834. The molecule has 0 heterocycles. The summed E-state index contributed by atoms with van der Waals surface area (Å²) in [5.74, 6) is -0.916. The van der Waals surface area contributed by atoms with Crippen LogP contribution in [0.5, 0.6) is 0 Å². The second kappa shape index (κ2) is 4.30. The predicted molar refractivity (Wildman–Crippen MR) is 48.9 cm³/mol. The lowest BCUT2D eigenvalue weighted by Crippen LogP contribution is -2.43. The first-order valence-electron chi connectivity index (χ1n) is 4.70. The SMILES string of the molecule is CC(C)OC(=O)NC(C(=O)O)C1CC1. The summed E-state index contributed by atoms with van der Waals surface area (Å²) in [4.78, 5) is 21.8. The van der Waals surface area contributed by atoms with E-state index in [-0.39, 0.29) is 12.0 Å². The van der Waals surface area contributed by atoms with E-state index in [9.17, 15) is 9.59 Å². The topological polar surface area (TPSA) is 75.6 Å².